The third-order valence-corrected chi connectivity index (χ3v) is 11.4. The normalized spacial score (nSPS) is 23.0. The summed E-state index contributed by atoms with van der Waals surface area (Å²) in [6.07, 6.45) is 23.1. The fourth-order valence-corrected chi connectivity index (χ4v) is 7.87. The van der Waals surface area contributed by atoms with Gasteiger partial charge in [-0.2, -0.15) is 0 Å². The number of unbranched alkanes of at least 4 members (excludes halogenated alkanes) is 9. The summed E-state index contributed by atoms with van der Waals surface area (Å²) in [4.78, 5) is 54.2. The molecule has 8 N–H and O–H groups in total. The molecule has 1 fully saturated rings. The molecule has 1 saturated carbocycles. The second kappa shape index (κ2) is 35.6. The van der Waals surface area contributed by atoms with Crippen molar-refractivity contribution < 1.29 is 82.0 Å². The molecule has 0 bridgehead atoms. The third-order valence-electron chi connectivity index (χ3n) is 9.87. The number of carbonyl (C=O) groups excluding carboxylic acids is 2. The fraction of sp³-hybridized carbons (Fsp3) is 0.689. The lowest BCUT2D eigenvalue weighted by Crippen LogP contribution is -2.64. The summed E-state index contributed by atoms with van der Waals surface area (Å²) in [6.45, 7) is 2.81. The van der Waals surface area contributed by atoms with E-state index in [1.54, 1.807) is 6.08 Å². The van der Waals surface area contributed by atoms with E-state index in [0.717, 1.165) is 57.8 Å². The molecule has 1 rings (SSSR count). The van der Waals surface area contributed by atoms with Crippen molar-refractivity contribution in [3.05, 3.63) is 72.9 Å². The van der Waals surface area contributed by atoms with Crippen LogP contribution in [0, 0.1) is 0 Å². The highest BCUT2D eigenvalue weighted by Crippen LogP contribution is 2.49. The van der Waals surface area contributed by atoms with Crippen LogP contribution in [0.25, 0.3) is 0 Å². The number of aliphatic hydroxyl groups excluding tert-OH is 5. The van der Waals surface area contributed by atoms with E-state index in [1.807, 2.05) is 24.3 Å². The van der Waals surface area contributed by atoms with Crippen molar-refractivity contribution in [3.63, 3.8) is 0 Å². The van der Waals surface area contributed by atoms with Crippen LogP contribution in [0.3, 0.4) is 0 Å². The third kappa shape index (κ3) is 29.8. The average Bonchev–Trinajstić information content (AvgIpc) is 3.24. The molecular weight excluding hydrogens is 874 g/mol. The topological polar surface area (TPSA) is 276 Å². The van der Waals surface area contributed by atoms with Gasteiger partial charge >= 0.3 is 27.6 Å². The van der Waals surface area contributed by atoms with Gasteiger partial charge in [-0.25, -0.2) is 9.13 Å². The molecule has 0 amide bonds. The van der Waals surface area contributed by atoms with E-state index in [-0.39, 0.29) is 12.8 Å². The van der Waals surface area contributed by atoms with Crippen molar-refractivity contribution in [3.8, 4) is 0 Å². The van der Waals surface area contributed by atoms with E-state index in [9.17, 15) is 49.1 Å². The van der Waals surface area contributed by atoms with Crippen LogP contribution in [0.1, 0.15) is 136 Å². The average molecular weight is 951 g/mol. The van der Waals surface area contributed by atoms with Gasteiger partial charge in [0.2, 0.25) is 0 Å². The molecule has 0 aliphatic heterocycles. The zero-order valence-electron chi connectivity index (χ0n) is 37.5. The molecule has 0 spiro atoms. The molecule has 64 heavy (non-hydrogen) atoms. The minimum Gasteiger partial charge on any atom is -0.462 e. The summed E-state index contributed by atoms with van der Waals surface area (Å²) in [5, 5.41) is 51.4. The molecule has 0 radical (unpaired) electrons. The maximum absolute atomic E-state index is 13.0. The minimum atomic E-state index is -5.38. The minimum absolute atomic E-state index is 0.0377. The Hall–Kier alpha value is -2.60. The first-order chi connectivity index (χ1) is 30.5. The van der Waals surface area contributed by atoms with Crippen LogP contribution in [0.5, 0.6) is 0 Å². The van der Waals surface area contributed by atoms with Gasteiger partial charge in [-0.05, 0) is 70.6 Å². The van der Waals surface area contributed by atoms with E-state index >= 15 is 0 Å². The molecular formula is C45H76O17P2. The Morgan fingerprint density at radius 2 is 1.14 bits per heavy atom. The highest BCUT2D eigenvalue weighted by Gasteiger charge is 2.54. The summed E-state index contributed by atoms with van der Waals surface area (Å²) in [6, 6.07) is 0. The molecule has 0 aromatic rings. The molecule has 1 aliphatic carbocycles. The lowest BCUT2D eigenvalue weighted by Gasteiger charge is -2.43. The number of phosphoric ester groups is 2. The van der Waals surface area contributed by atoms with Crippen molar-refractivity contribution in [2.45, 2.75) is 185 Å². The van der Waals surface area contributed by atoms with Crippen molar-refractivity contribution >= 4 is 27.6 Å². The van der Waals surface area contributed by atoms with Gasteiger partial charge in [0.1, 0.15) is 43.2 Å². The van der Waals surface area contributed by atoms with E-state index in [4.69, 9.17) is 28.3 Å². The highest BCUT2D eigenvalue weighted by molar-refractivity contribution is 7.47. The number of carbonyl (C=O) groups is 2. The number of allylic oxidation sites excluding steroid dienone is 11. The van der Waals surface area contributed by atoms with Crippen LogP contribution in [-0.2, 0) is 41.8 Å². The van der Waals surface area contributed by atoms with Gasteiger partial charge in [-0.15, -0.1) is 0 Å². The van der Waals surface area contributed by atoms with E-state index in [2.05, 4.69) is 60.9 Å². The molecule has 9 atom stereocenters. The van der Waals surface area contributed by atoms with Gasteiger partial charge in [0.15, 0.2) is 6.10 Å². The SMILES string of the molecule is CC/C=C/C/C=C/C=C/C(O)CCCCCCCC(=O)O[C@H](COC(=O)CCCC/C=C\C/C=C\C/C=C\CCCCC)COP(=O)(O)O[C@H]1C(O)C(O)C(O)[C@@H](OP(=O)(O)O)C1O. The van der Waals surface area contributed by atoms with Gasteiger partial charge < -0.3 is 49.7 Å². The smallest absolute Gasteiger partial charge is 0.462 e. The van der Waals surface area contributed by atoms with Gasteiger partial charge in [0.05, 0.1) is 12.7 Å². The first-order valence-electron chi connectivity index (χ1n) is 22.6. The predicted molar refractivity (Wildman–Crippen MR) is 242 cm³/mol. The van der Waals surface area contributed by atoms with Crippen LogP contribution >= 0.6 is 15.6 Å². The van der Waals surface area contributed by atoms with Gasteiger partial charge in [0.25, 0.3) is 0 Å². The largest absolute Gasteiger partial charge is 0.472 e. The summed E-state index contributed by atoms with van der Waals surface area (Å²) < 4.78 is 49.2. The highest BCUT2D eigenvalue weighted by atomic mass is 31.2. The zero-order chi connectivity index (χ0) is 47.6. The maximum Gasteiger partial charge on any atom is 0.472 e. The van der Waals surface area contributed by atoms with E-state index < -0.39 is 89.6 Å². The Balaban J connectivity index is 2.69. The Labute approximate surface area is 379 Å². The molecule has 368 valence electrons. The summed E-state index contributed by atoms with van der Waals surface area (Å²) in [5.74, 6) is -1.33. The molecule has 1 aliphatic rings. The number of ether oxygens (including phenoxy) is 2. The number of aliphatic hydroxyl groups is 5. The number of esters is 2. The van der Waals surface area contributed by atoms with Crippen molar-refractivity contribution in [2.75, 3.05) is 13.2 Å². The van der Waals surface area contributed by atoms with Crippen molar-refractivity contribution in [1.82, 2.24) is 0 Å². The Morgan fingerprint density at radius 3 is 1.78 bits per heavy atom. The second-order valence-electron chi connectivity index (χ2n) is 15.6. The molecule has 0 aromatic heterocycles. The Morgan fingerprint density at radius 1 is 0.594 bits per heavy atom. The summed E-state index contributed by atoms with van der Waals surface area (Å²) in [5.41, 5.74) is 0. The van der Waals surface area contributed by atoms with Crippen LogP contribution < -0.4 is 0 Å². The van der Waals surface area contributed by atoms with Gasteiger partial charge in [-0.3, -0.25) is 23.2 Å². The summed E-state index contributed by atoms with van der Waals surface area (Å²) >= 11 is 0. The van der Waals surface area contributed by atoms with Crippen LogP contribution in [0.4, 0.5) is 0 Å². The number of hydrogen-bond donors (Lipinski definition) is 8. The molecule has 0 heterocycles. The van der Waals surface area contributed by atoms with Crippen LogP contribution in [-0.4, -0.2) is 114 Å². The summed E-state index contributed by atoms with van der Waals surface area (Å²) in [7, 11) is -10.7. The van der Waals surface area contributed by atoms with E-state index in [1.165, 1.54) is 19.3 Å². The number of hydrogen-bond acceptors (Lipinski definition) is 14. The fourth-order valence-electron chi connectivity index (χ4n) is 6.33. The van der Waals surface area contributed by atoms with Crippen molar-refractivity contribution in [1.29, 1.82) is 0 Å². The molecule has 6 unspecified atom stereocenters. The lowest BCUT2D eigenvalue weighted by atomic mass is 9.85. The molecule has 17 nitrogen and oxygen atoms in total. The monoisotopic (exact) mass is 950 g/mol. The van der Waals surface area contributed by atoms with Crippen LogP contribution in [0.15, 0.2) is 72.9 Å². The zero-order valence-corrected chi connectivity index (χ0v) is 39.3. The van der Waals surface area contributed by atoms with E-state index in [0.29, 0.717) is 32.1 Å². The Bertz CT molecular complexity index is 1540. The van der Waals surface area contributed by atoms with Gasteiger partial charge in [0, 0.05) is 12.8 Å². The predicted octanol–water partition coefficient (Wildman–Crippen LogP) is 7.03. The maximum atomic E-state index is 13.0. The van der Waals surface area contributed by atoms with Gasteiger partial charge in [-0.1, -0.05) is 125 Å². The first-order valence-corrected chi connectivity index (χ1v) is 25.6. The molecule has 0 aromatic carbocycles. The number of phosphoric acid groups is 2. The lowest BCUT2D eigenvalue weighted by molar-refractivity contribution is -0.216. The standard InChI is InChI=1S/C45H76O17P2/c1-3-5-7-9-11-12-13-14-15-16-17-18-20-24-28-32-38(47)58-34-37(60-39(48)33-29-25-21-23-27-31-36(46)30-26-22-19-10-8-6-4-2)35-59-64(56,57)62-45-42(51)40(49)41(50)44(43(45)52)61-63(53,54)55/h6,8,11-12,14-15,17-19,22,26,30,36-37,40-46,49-52H,3-5,7,9-10,13,16,20-21,23-25,27-29,31-35H2,1-2H3,(H,56,57)(H2,53,54,55)/b8-6+,12-11-,15-14-,18-17-,22-19+,30-26+/t36?,37-,40?,41?,42?,43?,44-,45+/m1/s1. The van der Waals surface area contributed by atoms with Crippen molar-refractivity contribution in [2.24, 2.45) is 0 Å². The number of rotatable bonds is 36. The molecule has 0 saturated heterocycles. The molecule has 19 heteroatoms. The first kappa shape index (κ1) is 59.4. The quantitative estimate of drug-likeness (QED) is 0.0103. The Kier molecular flexibility index (Phi) is 33.0. The van der Waals surface area contributed by atoms with Crippen LogP contribution in [0.2, 0.25) is 0 Å². The second-order valence-corrected chi connectivity index (χ2v) is 18.2.